The molecule has 0 aliphatic carbocycles. The second-order valence-electron chi connectivity index (χ2n) is 4.84. The summed E-state index contributed by atoms with van der Waals surface area (Å²) < 4.78 is 14.6. The van der Waals surface area contributed by atoms with Gasteiger partial charge in [-0.25, -0.2) is 4.39 Å². The highest BCUT2D eigenvalue weighted by atomic mass is 32.1. The Balaban J connectivity index is 2.19. The highest BCUT2D eigenvalue weighted by Crippen LogP contribution is 2.32. The number of halogens is 1. The Morgan fingerprint density at radius 2 is 2.20 bits per heavy atom. The van der Waals surface area contributed by atoms with Crippen LogP contribution in [0.4, 0.5) is 4.39 Å². The number of carbonyl (C=O) groups excluding carboxylic acids is 1. The van der Waals surface area contributed by atoms with Crippen LogP contribution < -0.4 is 10.6 Å². The van der Waals surface area contributed by atoms with Crippen molar-refractivity contribution in [3.05, 3.63) is 34.5 Å². The van der Waals surface area contributed by atoms with Gasteiger partial charge in [0.05, 0.1) is 4.88 Å². The molecule has 20 heavy (non-hydrogen) atoms. The lowest BCUT2D eigenvalue weighted by atomic mass is 10.1. The number of hydrogen-bond acceptors (Lipinski definition) is 3. The van der Waals surface area contributed by atoms with Crippen molar-refractivity contribution in [2.24, 2.45) is 0 Å². The van der Waals surface area contributed by atoms with Crippen LogP contribution in [0.3, 0.4) is 0 Å². The van der Waals surface area contributed by atoms with E-state index in [4.69, 9.17) is 0 Å². The molecular weight excluding hydrogens is 275 g/mol. The SMILES string of the molecule is CCN[C@H](C)CNC(=O)c1sc2cccc(F)c2c1C. The molecule has 108 valence electrons. The van der Waals surface area contributed by atoms with Crippen LogP contribution in [-0.4, -0.2) is 25.0 Å². The van der Waals surface area contributed by atoms with E-state index in [1.54, 1.807) is 13.0 Å². The van der Waals surface area contributed by atoms with Gasteiger partial charge in [-0.05, 0) is 38.1 Å². The Morgan fingerprint density at radius 3 is 2.85 bits per heavy atom. The van der Waals surface area contributed by atoms with E-state index in [0.717, 1.165) is 16.8 Å². The molecule has 2 aromatic rings. The number of thiophene rings is 1. The fraction of sp³-hybridized carbons (Fsp3) is 0.400. The molecule has 2 N–H and O–H groups in total. The van der Waals surface area contributed by atoms with Crippen LogP contribution in [0.1, 0.15) is 29.1 Å². The predicted molar refractivity (Wildman–Crippen MR) is 82.0 cm³/mol. The molecule has 1 aromatic carbocycles. The lowest BCUT2D eigenvalue weighted by molar-refractivity contribution is 0.0954. The second-order valence-corrected chi connectivity index (χ2v) is 5.89. The van der Waals surface area contributed by atoms with Gasteiger partial charge in [0.2, 0.25) is 0 Å². The van der Waals surface area contributed by atoms with Crippen LogP contribution in [0.2, 0.25) is 0 Å². The molecule has 5 heteroatoms. The van der Waals surface area contributed by atoms with Gasteiger partial charge in [-0.1, -0.05) is 13.0 Å². The molecule has 1 aromatic heterocycles. The number of likely N-dealkylation sites (N-methyl/N-ethyl adjacent to an activating group) is 1. The van der Waals surface area contributed by atoms with E-state index in [1.165, 1.54) is 17.4 Å². The quantitative estimate of drug-likeness (QED) is 0.890. The minimum atomic E-state index is -0.267. The van der Waals surface area contributed by atoms with E-state index in [9.17, 15) is 9.18 Å². The summed E-state index contributed by atoms with van der Waals surface area (Å²) in [5.41, 5.74) is 0.719. The zero-order valence-electron chi connectivity index (χ0n) is 11.9. The first kappa shape index (κ1) is 14.9. The third-order valence-corrected chi connectivity index (χ3v) is 4.49. The summed E-state index contributed by atoms with van der Waals surface area (Å²) in [5.74, 6) is -0.399. The lowest BCUT2D eigenvalue weighted by Crippen LogP contribution is -2.38. The van der Waals surface area contributed by atoms with Gasteiger partial charge in [-0.15, -0.1) is 11.3 Å². The van der Waals surface area contributed by atoms with Crippen molar-refractivity contribution in [3.63, 3.8) is 0 Å². The molecule has 0 aliphatic heterocycles. The Bertz CT molecular complexity index is 624. The number of benzene rings is 1. The van der Waals surface area contributed by atoms with Crippen LogP contribution >= 0.6 is 11.3 Å². The molecule has 0 aliphatic rings. The average Bonchev–Trinajstić information content (AvgIpc) is 2.75. The normalized spacial score (nSPS) is 12.6. The Hall–Kier alpha value is -1.46. The number of nitrogens with one attached hydrogen (secondary N) is 2. The summed E-state index contributed by atoms with van der Waals surface area (Å²) in [6.45, 7) is 7.26. The first-order valence-electron chi connectivity index (χ1n) is 6.73. The van der Waals surface area contributed by atoms with E-state index in [0.29, 0.717) is 16.8 Å². The molecule has 0 spiro atoms. The molecule has 3 nitrogen and oxygen atoms in total. The highest BCUT2D eigenvalue weighted by Gasteiger charge is 2.17. The smallest absolute Gasteiger partial charge is 0.261 e. The van der Waals surface area contributed by atoms with Crippen molar-refractivity contribution >= 4 is 27.3 Å². The third kappa shape index (κ3) is 2.99. The third-order valence-electron chi connectivity index (χ3n) is 3.23. The van der Waals surface area contributed by atoms with Gasteiger partial charge >= 0.3 is 0 Å². The summed E-state index contributed by atoms with van der Waals surface area (Å²) in [6.07, 6.45) is 0. The van der Waals surface area contributed by atoms with E-state index >= 15 is 0 Å². The van der Waals surface area contributed by atoms with E-state index in [-0.39, 0.29) is 17.8 Å². The second kappa shape index (κ2) is 6.33. The number of aryl methyl sites for hydroxylation is 1. The van der Waals surface area contributed by atoms with Crippen molar-refractivity contribution in [2.45, 2.75) is 26.8 Å². The predicted octanol–water partition coefficient (Wildman–Crippen LogP) is 3.08. The number of carbonyl (C=O) groups is 1. The zero-order chi connectivity index (χ0) is 14.7. The molecule has 1 heterocycles. The Labute approximate surface area is 122 Å². The molecule has 0 fully saturated rings. The van der Waals surface area contributed by atoms with Crippen LogP contribution in [-0.2, 0) is 0 Å². The first-order chi connectivity index (χ1) is 9.54. The van der Waals surface area contributed by atoms with Gasteiger partial charge in [0.1, 0.15) is 5.82 Å². The maximum absolute atomic E-state index is 13.8. The summed E-state index contributed by atoms with van der Waals surface area (Å²) in [4.78, 5) is 12.8. The molecule has 0 unspecified atom stereocenters. The van der Waals surface area contributed by atoms with Gasteiger partial charge < -0.3 is 10.6 Å². The van der Waals surface area contributed by atoms with Gasteiger partial charge in [0.25, 0.3) is 5.91 Å². The topological polar surface area (TPSA) is 41.1 Å². The molecule has 0 saturated carbocycles. The van der Waals surface area contributed by atoms with Crippen LogP contribution in [0.5, 0.6) is 0 Å². The van der Waals surface area contributed by atoms with E-state index in [2.05, 4.69) is 10.6 Å². The molecule has 0 saturated heterocycles. The molecule has 2 rings (SSSR count). The first-order valence-corrected chi connectivity index (χ1v) is 7.55. The van der Waals surface area contributed by atoms with Crippen molar-refractivity contribution in [3.8, 4) is 0 Å². The van der Waals surface area contributed by atoms with Gasteiger partial charge in [-0.2, -0.15) is 0 Å². The van der Waals surface area contributed by atoms with Gasteiger partial charge in [-0.3, -0.25) is 4.79 Å². The maximum atomic E-state index is 13.8. The monoisotopic (exact) mass is 294 g/mol. The highest BCUT2D eigenvalue weighted by molar-refractivity contribution is 7.21. The Morgan fingerprint density at radius 1 is 1.45 bits per heavy atom. The largest absolute Gasteiger partial charge is 0.350 e. The van der Waals surface area contributed by atoms with Crippen molar-refractivity contribution in [2.75, 3.05) is 13.1 Å². The zero-order valence-corrected chi connectivity index (χ0v) is 12.7. The maximum Gasteiger partial charge on any atom is 0.261 e. The number of hydrogen-bond donors (Lipinski definition) is 2. The molecule has 0 radical (unpaired) electrons. The van der Waals surface area contributed by atoms with Gasteiger partial charge in [0, 0.05) is 22.7 Å². The minimum Gasteiger partial charge on any atom is -0.350 e. The molecular formula is C15H19FN2OS. The summed E-state index contributed by atoms with van der Waals surface area (Å²) in [6, 6.07) is 5.16. The fourth-order valence-electron chi connectivity index (χ4n) is 2.22. The Kier molecular flexibility index (Phi) is 4.73. The van der Waals surface area contributed by atoms with Crippen LogP contribution in [0, 0.1) is 12.7 Å². The minimum absolute atomic E-state index is 0.132. The molecule has 1 amide bonds. The number of rotatable bonds is 5. The van der Waals surface area contributed by atoms with Gasteiger partial charge in [0.15, 0.2) is 0 Å². The van der Waals surface area contributed by atoms with E-state index in [1.807, 2.05) is 19.9 Å². The van der Waals surface area contributed by atoms with Crippen LogP contribution in [0.15, 0.2) is 18.2 Å². The standard InChI is InChI=1S/C15H19FN2OS/c1-4-17-9(2)8-18-15(19)14-10(3)13-11(16)6-5-7-12(13)20-14/h5-7,9,17H,4,8H2,1-3H3,(H,18,19)/t9-/m1/s1. The number of amides is 1. The van der Waals surface area contributed by atoms with Crippen LogP contribution in [0.25, 0.3) is 10.1 Å². The average molecular weight is 294 g/mol. The van der Waals surface area contributed by atoms with E-state index < -0.39 is 0 Å². The molecule has 0 bridgehead atoms. The lowest BCUT2D eigenvalue weighted by Gasteiger charge is -2.12. The fourth-order valence-corrected chi connectivity index (χ4v) is 3.36. The molecule has 1 atom stereocenters. The van der Waals surface area contributed by atoms with Crippen molar-refractivity contribution in [1.29, 1.82) is 0 Å². The summed E-state index contributed by atoms with van der Waals surface area (Å²) in [5, 5.41) is 6.68. The summed E-state index contributed by atoms with van der Waals surface area (Å²) in [7, 11) is 0. The van der Waals surface area contributed by atoms with Crippen molar-refractivity contribution < 1.29 is 9.18 Å². The van der Waals surface area contributed by atoms with Crippen molar-refractivity contribution in [1.82, 2.24) is 10.6 Å². The number of fused-ring (bicyclic) bond motifs is 1. The summed E-state index contributed by atoms with van der Waals surface area (Å²) >= 11 is 1.34.